The molecule has 0 aliphatic rings. The zero-order valence-corrected chi connectivity index (χ0v) is 15.4. The van der Waals surface area contributed by atoms with Crippen molar-refractivity contribution in [2.45, 2.75) is 20.4 Å². The third-order valence-corrected chi connectivity index (χ3v) is 4.28. The van der Waals surface area contributed by atoms with Crippen LogP contribution >= 0.6 is 0 Å². The molecule has 7 heteroatoms. The van der Waals surface area contributed by atoms with Gasteiger partial charge in [-0.15, -0.1) is 0 Å². The molecule has 3 aromatic rings. The van der Waals surface area contributed by atoms with Crippen molar-refractivity contribution in [3.8, 4) is 5.69 Å². The van der Waals surface area contributed by atoms with Gasteiger partial charge in [-0.05, 0) is 38.1 Å². The highest BCUT2D eigenvalue weighted by Crippen LogP contribution is 2.17. The molecule has 0 aliphatic heterocycles. The number of nitrogens with one attached hydrogen (secondary N) is 1. The molecule has 0 aliphatic carbocycles. The number of hydrogen-bond acceptors (Lipinski definition) is 5. The number of methoxy groups -OCH3 is 1. The van der Waals surface area contributed by atoms with E-state index in [1.165, 1.54) is 25.4 Å². The number of carbonyl (C=O) groups excluding carboxylic acids is 2. The summed E-state index contributed by atoms with van der Waals surface area (Å²) in [5, 5.41) is 7.42. The molecule has 1 N–H and O–H groups in total. The van der Waals surface area contributed by atoms with Crippen LogP contribution in [0.2, 0.25) is 0 Å². The Hall–Kier alpha value is -3.48. The molecule has 1 aromatic carbocycles. The standard InChI is InChI=1S/C20H20N4O3/c1-13-17(14(2)24(23-13)16-7-5-4-6-8-16)12-22-19(25)18-10-9-15(11-21-18)20(26)27-3/h4-11H,12H2,1-3H3,(H,22,25). The summed E-state index contributed by atoms with van der Waals surface area (Å²) >= 11 is 0. The highest BCUT2D eigenvalue weighted by Gasteiger charge is 2.15. The van der Waals surface area contributed by atoms with Crippen LogP contribution in [-0.4, -0.2) is 33.8 Å². The van der Waals surface area contributed by atoms with Crippen LogP contribution < -0.4 is 5.32 Å². The first-order valence-electron chi connectivity index (χ1n) is 8.44. The number of rotatable bonds is 5. The fourth-order valence-electron chi connectivity index (χ4n) is 2.78. The molecule has 27 heavy (non-hydrogen) atoms. The summed E-state index contributed by atoms with van der Waals surface area (Å²) in [4.78, 5) is 27.8. The third kappa shape index (κ3) is 3.87. The lowest BCUT2D eigenvalue weighted by Crippen LogP contribution is -2.24. The average Bonchev–Trinajstić information content (AvgIpc) is 3.00. The maximum atomic E-state index is 12.4. The zero-order chi connectivity index (χ0) is 19.4. The van der Waals surface area contributed by atoms with Gasteiger partial charge in [0.25, 0.3) is 5.91 Å². The van der Waals surface area contributed by atoms with Crippen molar-refractivity contribution in [1.29, 1.82) is 0 Å². The number of benzene rings is 1. The van der Waals surface area contributed by atoms with Gasteiger partial charge in [-0.3, -0.25) is 9.78 Å². The number of esters is 1. The molecule has 3 rings (SSSR count). The van der Waals surface area contributed by atoms with E-state index in [0.717, 1.165) is 22.6 Å². The van der Waals surface area contributed by atoms with Crippen LogP contribution in [0.3, 0.4) is 0 Å². The number of aromatic nitrogens is 3. The van der Waals surface area contributed by atoms with Gasteiger partial charge in [0.15, 0.2) is 0 Å². The number of carbonyl (C=O) groups is 2. The van der Waals surface area contributed by atoms with E-state index in [1.54, 1.807) is 0 Å². The van der Waals surface area contributed by atoms with E-state index in [-0.39, 0.29) is 11.6 Å². The van der Waals surface area contributed by atoms with E-state index < -0.39 is 5.97 Å². The molecule has 0 saturated carbocycles. The predicted molar refractivity (Wildman–Crippen MR) is 99.8 cm³/mol. The topological polar surface area (TPSA) is 86.1 Å². The number of aryl methyl sites for hydroxylation is 1. The lowest BCUT2D eigenvalue weighted by molar-refractivity contribution is 0.0599. The SMILES string of the molecule is COC(=O)c1ccc(C(=O)NCc2c(C)nn(-c3ccccc3)c2C)nc1. The van der Waals surface area contributed by atoms with Crippen LogP contribution in [0.4, 0.5) is 0 Å². The van der Waals surface area contributed by atoms with Crippen LogP contribution in [0, 0.1) is 13.8 Å². The lowest BCUT2D eigenvalue weighted by atomic mass is 10.2. The van der Waals surface area contributed by atoms with Gasteiger partial charge in [0, 0.05) is 24.0 Å². The number of amides is 1. The van der Waals surface area contributed by atoms with Crippen molar-refractivity contribution in [2.24, 2.45) is 0 Å². The minimum atomic E-state index is -0.492. The summed E-state index contributed by atoms with van der Waals surface area (Å²) in [7, 11) is 1.29. The van der Waals surface area contributed by atoms with E-state index in [2.05, 4.69) is 20.1 Å². The smallest absolute Gasteiger partial charge is 0.339 e. The van der Waals surface area contributed by atoms with Gasteiger partial charge < -0.3 is 10.1 Å². The monoisotopic (exact) mass is 364 g/mol. The van der Waals surface area contributed by atoms with E-state index in [1.807, 2.05) is 48.9 Å². The Morgan fingerprint density at radius 3 is 2.48 bits per heavy atom. The van der Waals surface area contributed by atoms with Crippen molar-refractivity contribution in [3.63, 3.8) is 0 Å². The molecule has 2 heterocycles. The predicted octanol–water partition coefficient (Wildman–Crippen LogP) is 2.60. The average molecular weight is 364 g/mol. The maximum Gasteiger partial charge on any atom is 0.339 e. The summed E-state index contributed by atoms with van der Waals surface area (Å²) in [5.74, 6) is -0.813. The Morgan fingerprint density at radius 2 is 1.85 bits per heavy atom. The van der Waals surface area contributed by atoms with Gasteiger partial charge >= 0.3 is 5.97 Å². The van der Waals surface area contributed by atoms with Gasteiger partial charge in [0.1, 0.15) is 5.69 Å². The normalized spacial score (nSPS) is 10.5. The van der Waals surface area contributed by atoms with Crippen LogP contribution in [0.15, 0.2) is 48.7 Å². The lowest BCUT2D eigenvalue weighted by Gasteiger charge is -2.07. The van der Waals surface area contributed by atoms with Crippen molar-refractivity contribution in [2.75, 3.05) is 7.11 Å². The van der Waals surface area contributed by atoms with E-state index in [4.69, 9.17) is 0 Å². The van der Waals surface area contributed by atoms with Crippen molar-refractivity contribution in [3.05, 3.63) is 76.9 Å². The quantitative estimate of drug-likeness (QED) is 0.703. The molecule has 7 nitrogen and oxygen atoms in total. The van der Waals surface area contributed by atoms with Crippen LogP contribution in [0.5, 0.6) is 0 Å². The molecule has 0 atom stereocenters. The molecule has 2 aromatic heterocycles. The third-order valence-electron chi connectivity index (χ3n) is 4.28. The number of hydrogen-bond donors (Lipinski definition) is 1. The van der Waals surface area contributed by atoms with Gasteiger partial charge in [-0.2, -0.15) is 5.10 Å². The molecule has 0 spiro atoms. The van der Waals surface area contributed by atoms with E-state index in [9.17, 15) is 9.59 Å². The van der Waals surface area contributed by atoms with Crippen molar-refractivity contribution < 1.29 is 14.3 Å². The highest BCUT2D eigenvalue weighted by atomic mass is 16.5. The maximum absolute atomic E-state index is 12.4. The van der Waals surface area contributed by atoms with Crippen molar-refractivity contribution in [1.82, 2.24) is 20.1 Å². The Morgan fingerprint density at radius 1 is 1.11 bits per heavy atom. The summed E-state index contributed by atoms with van der Waals surface area (Å²) in [6, 6.07) is 12.8. The van der Waals surface area contributed by atoms with Gasteiger partial charge in [-0.25, -0.2) is 9.48 Å². The minimum Gasteiger partial charge on any atom is -0.465 e. The zero-order valence-electron chi connectivity index (χ0n) is 15.4. The first-order chi connectivity index (χ1) is 13.0. The van der Waals surface area contributed by atoms with Crippen molar-refractivity contribution >= 4 is 11.9 Å². The molecule has 0 saturated heterocycles. The summed E-state index contributed by atoms with van der Waals surface area (Å²) < 4.78 is 6.48. The van der Waals surface area contributed by atoms with Gasteiger partial charge in [0.2, 0.25) is 0 Å². The van der Waals surface area contributed by atoms with Crippen LogP contribution in [-0.2, 0) is 11.3 Å². The Labute approximate surface area is 157 Å². The fourth-order valence-corrected chi connectivity index (χ4v) is 2.78. The number of para-hydroxylation sites is 1. The number of pyridine rings is 1. The summed E-state index contributed by atoms with van der Waals surface area (Å²) in [6.07, 6.45) is 1.32. The van der Waals surface area contributed by atoms with Gasteiger partial charge in [-0.1, -0.05) is 18.2 Å². The second-order valence-electron chi connectivity index (χ2n) is 6.00. The van der Waals surface area contributed by atoms with Gasteiger partial charge in [0.05, 0.1) is 24.1 Å². The Kier molecular flexibility index (Phi) is 5.30. The Balaban J connectivity index is 1.72. The molecule has 138 valence electrons. The molecule has 0 unspecified atom stereocenters. The first-order valence-corrected chi connectivity index (χ1v) is 8.44. The molecule has 0 bridgehead atoms. The molecular weight excluding hydrogens is 344 g/mol. The summed E-state index contributed by atoms with van der Waals surface area (Å²) in [6.45, 7) is 4.22. The largest absolute Gasteiger partial charge is 0.465 e. The second kappa shape index (κ2) is 7.82. The molecule has 0 fully saturated rings. The second-order valence-corrected chi connectivity index (χ2v) is 6.00. The Bertz CT molecular complexity index is 963. The summed E-state index contributed by atoms with van der Waals surface area (Å²) in [5.41, 5.74) is 4.27. The minimum absolute atomic E-state index is 0.230. The molecular formula is C20H20N4O3. The molecule has 1 amide bonds. The van der Waals surface area contributed by atoms with Crippen LogP contribution in [0.25, 0.3) is 5.69 Å². The van der Waals surface area contributed by atoms with Crippen LogP contribution in [0.1, 0.15) is 37.8 Å². The number of nitrogens with zero attached hydrogens (tertiary/aromatic N) is 3. The molecule has 0 radical (unpaired) electrons. The fraction of sp³-hybridized carbons (Fsp3) is 0.200. The highest BCUT2D eigenvalue weighted by molar-refractivity contribution is 5.94. The van der Waals surface area contributed by atoms with E-state index >= 15 is 0 Å². The first kappa shape index (κ1) is 18.3. The van der Waals surface area contributed by atoms with E-state index in [0.29, 0.717) is 12.1 Å². The number of ether oxygens (including phenoxy) is 1.